The summed E-state index contributed by atoms with van der Waals surface area (Å²) in [6, 6.07) is 8.27. The Hall–Kier alpha value is -1.39. The number of aliphatic hydroxyl groups is 1. The van der Waals surface area contributed by atoms with E-state index in [0.717, 1.165) is 44.5 Å². The van der Waals surface area contributed by atoms with Crippen molar-refractivity contribution in [1.82, 2.24) is 4.90 Å². The van der Waals surface area contributed by atoms with Gasteiger partial charge in [0.15, 0.2) is 0 Å². The fourth-order valence-corrected chi connectivity index (χ4v) is 3.62. The van der Waals surface area contributed by atoms with Crippen LogP contribution in [-0.2, 0) is 11.2 Å². The average Bonchev–Trinajstić information content (AvgIpc) is 2.91. The van der Waals surface area contributed by atoms with Crippen LogP contribution in [0.5, 0.6) is 0 Å². The van der Waals surface area contributed by atoms with E-state index < -0.39 is 0 Å². The molecule has 2 unspecified atom stereocenters. The summed E-state index contributed by atoms with van der Waals surface area (Å²) in [6.07, 6.45) is 3.83. The molecule has 0 aliphatic carbocycles. The lowest BCUT2D eigenvalue weighted by molar-refractivity contribution is -0.121. The predicted octanol–water partition coefficient (Wildman–Crippen LogP) is 1.81. The molecular weight excluding hydrogens is 264 g/mol. The molecule has 1 N–H and O–H groups in total. The third-order valence-corrected chi connectivity index (χ3v) is 4.75. The number of aliphatic hydroxyl groups excluding tert-OH is 1. The van der Waals surface area contributed by atoms with Crippen LogP contribution >= 0.6 is 0 Å². The lowest BCUT2D eigenvalue weighted by Crippen LogP contribution is -2.50. The minimum absolute atomic E-state index is 0.126. The first-order valence-corrected chi connectivity index (χ1v) is 7.97. The number of benzene rings is 1. The lowest BCUT2D eigenvalue weighted by Gasteiger charge is -2.37. The molecule has 2 aliphatic rings. The fraction of sp³-hybridized carbons (Fsp3) is 0.588. The zero-order chi connectivity index (χ0) is 14.8. The summed E-state index contributed by atoms with van der Waals surface area (Å²) in [7, 11) is 0. The molecule has 114 valence electrons. The molecule has 4 nitrogen and oxygen atoms in total. The van der Waals surface area contributed by atoms with E-state index in [2.05, 4.69) is 11.0 Å². The molecule has 0 bridgehead atoms. The van der Waals surface area contributed by atoms with E-state index >= 15 is 0 Å². The Morgan fingerprint density at radius 2 is 2.14 bits per heavy atom. The van der Waals surface area contributed by atoms with E-state index in [9.17, 15) is 9.90 Å². The smallest absolute Gasteiger partial charge is 0.241 e. The third kappa shape index (κ3) is 2.97. The summed E-state index contributed by atoms with van der Waals surface area (Å²) in [5.74, 6) is 0.160. The van der Waals surface area contributed by atoms with Crippen LogP contribution in [0.25, 0.3) is 0 Å². The van der Waals surface area contributed by atoms with E-state index in [1.165, 1.54) is 5.56 Å². The number of rotatable bonds is 3. The van der Waals surface area contributed by atoms with Gasteiger partial charge < -0.3 is 10.0 Å². The maximum absolute atomic E-state index is 12.6. The second kappa shape index (κ2) is 6.16. The minimum atomic E-state index is -0.371. The standard InChI is InChI=1S/C17H24N2O2/c1-13(20)15-7-4-5-10-18(15)12-17(21)19-11-9-14-6-2-3-8-16(14)19/h2-3,6,8,13,15,20H,4-5,7,9-12H2,1H3. The predicted molar refractivity (Wildman–Crippen MR) is 83.4 cm³/mol. The quantitative estimate of drug-likeness (QED) is 0.922. The van der Waals surface area contributed by atoms with Crippen molar-refractivity contribution in [2.24, 2.45) is 0 Å². The SMILES string of the molecule is CC(O)C1CCCCN1CC(=O)N1CCc2ccccc21. The number of anilines is 1. The minimum Gasteiger partial charge on any atom is -0.392 e. The number of nitrogens with zero attached hydrogens (tertiary/aromatic N) is 2. The molecule has 2 aliphatic heterocycles. The second-order valence-corrected chi connectivity index (χ2v) is 6.20. The van der Waals surface area contributed by atoms with Gasteiger partial charge in [-0.1, -0.05) is 24.6 Å². The molecule has 0 saturated carbocycles. The van der Waals surface area contributed by atoms with Crippen LogP contribution in [0, 0.1) is 0 Å². The van der Waals surface area contributed by atoms with Crippen LogP contribution in [0.3, 0.4) is 0 Å². The molecule has 0 spiro atoms. The number of amides is 1. The van der Waals surface area contributed by atoms with Crippen molar-refractivity contribution in [3.8, 4) is 0 Å². The second-order valence-electron chi connectivity index (χ2n) is 6.20. The topological polar surface area (TPSA) is 43.8 Å². The number of hydrogen-bond donors (Lipinski definition) is 1. The van der Waals surface area contributed by atoms with Gasteiger partial charge in [-0.25, -0.2) is 0 Å². The van der Waals surface area contributed by atoms with Gasteiger partial charge in [0.2, 0.25) is 5.91 Å². The first-order chi connectivity index (χ1) is 10.2. The average molecular weight is 288 g/mol. The highest BCUT2D eigenvalue weighted by Gasteiger charge is 2.31. The molecule has 1 saturated heterocycles. The van der Waals surface area contributed by atoms with Gasteiger partial charge in [0.1, 0.15) is 0 Å². The number of carbonyl (C=O) groups excluding carboxylic acids is 1. The summed E-state index contributed by atoms with van der Waals surface area (Å²) in [6.45, 7) is 3.95. The van der Waals surface area contributed by atoms with E-state index in [4.69, 9.17) is 0 Å². The van der Waals surface area contributed by atoms with Crippen molar-refractivity contribution in [3.05, 3.63) is 29.8 Å². The summed E-state index contributed by atoms with van der Waals surface area (Å²) in [5, 5.41) is 9.92. The van der Waals surface area contributed by atoms with Crippen molar-refractivity contribution in [1.29, 1.82) is 0 Å². The van der Waals surface area contributed by atoms with E-state index in [1.807, 2.05) is 30.0 Å². The molecule has 1 fully saturated rings. The highest BCUT2D eigenvalue weighted by Crippen LogP contribution is 2.28. The molecule has 0 aromatic heterocycles. The first-order valence-electron chi connectivity index (χ1n) is 7.97. The van der Waals surface area contributed by atoms with Crippen LogP contribution < -0.4 is 4.90 Å². The first kappa shape index (κ1) is 14.5. The number of likely N-dealkylation sites (tertiary alicyclic amines) is 1. The van der Waals surface area contributed by atoms with Crippen molar-refractivity contribution >= 4 is 11.6 Å². The molecule has 2 heterocycles. The number of fused-ring (bicyclic) bond motifs is 1. The monoisotopic (exact) mass is 288 g/mol. The zero-order valence-corrected chi connectivity index (χ0v) is 12.7. The zero-order valence-electron chi connectivity index (χ0n) is 12.7. The summed E-state index contributed by atoms with van der Waals surface area (Å²) in [4.78, 5) is 16.7. The Labute approximate surface area is 126 Å². The number of carbonyl (C=O) groups is 1. The van der Waals surface area contributed by atoms with Gasteiger partial charge in [-0.3, -0.25) is 9.69 Å². The normalized spacial score (nSPS) is 23.9. The maximum atomic E-state index is 12.6. The summed E-state index contributed by atoms with van der Waals surface area (Å²) >= 11 is 0. The summed E-state index contributed by atoms with van der Waals surface area (Å²) < 4.78 is 0. The molecule has 1 amide bonds. The lowest BCUT2D eigenvalue weighted by atomic mass is 9.98. The summed E-state index contributed by atoms with van der Waals surface area (Å²) in [5.41, 5.74) is 2.32. The maximum Gasteiger partial charge on any atom is 0.241 e. The Kier molecular flexibility index (Phi) is 4.27. The molecule has 4 heteroatoms. The Morgan fingerprint density at radius 3 is 2.95 bits per heavy atom. The fourth-order valence-electron chi connectivity index (χ4n) is 3.62. The Bertz CT molecular complexity index is 515. The molecule has 21 heavy (non-hydrogen) atoms. The van der Waals surface area contributed by atoms with Gasteiger partial charge >= 0.3 is 0 Å². The molecule has 3 rings (SSSR count). The van der Waals surface area contributed by atoms with Crippen LogP contribution in [0.15, 0.2) is 24.3 Å². The van der Waals surface area contributed by atoms with E-state index in [1.54, 1.807) is 0 Å². The Balaban J connectivity index is 1.69. The molecular formula is C17H24N2O2. The number of para-hydroxylation sites is 1. The van der Waals surface area contributed by atoms with Gasteiger partial charge in [-0.05, 0) is 44.4 Å². The van der Waals surface area contributed by atoms with Gasteiger partial charge in [0, 0.05) is 18.3 Å². The van der Waals surface area contributed by atoms with Crippen molar-refractivity contribution in [2.45, 2.75) is 44.8 Å². The molecule has 1 aromatic rings. The Morgan fingerprint density at radius 1 is 1.33 bits per heavy atom. The molecule has 1 aromatic carbocycles. The van der Waals surface area contributed by atoms with Gasteiger partial charge in [0.05, 0.1) is 12.6 Å². The highest BCUT2D eigenvalue weighted by atomic mass is 16.3. The molecule has 0 radical (unpaired) electrons. The van der Waals surface area contributed by atoms with E-state index in [-0.39, 0.29) is 18.1 Å². The van der Waals surface area contributed by atoms with Crippen LogP contribution in [0.2, 0.25) is 0 Å². The van der Waals surface area contributed by atoms with Crippen molar-refractivity contribution < 1.29 is 9.90 Å². The number of hydrogen-bond acceptors (Lipinski definition) is 3. The highest BCUT2D eigenvalue weighted by molar-refractivity contribution is 5.96. The third-order valence-electron chi connectivity index (χ3n) is 4.75. The van der Waals surface area contributed by atoms with Gasteiger partial charge in [-0.15, -0.1) is 0 Å². The van der Waals surface area contributed by atoms with Crippen LogP contribution in [-0.4, -0.2) is 47.7 Å². The van der Waals surface area contributed by atoms with Crippen LogP contribution in [0.1, 0.15) is 31.7 Å². The van der Waals surface area contributed by atoms with Gasteiger partial charge in [-0.2, -0.15) is 0 Å². The van der Waals surface area contributed by atoms with Crippen LogP contribution in [0.4, 0.5) is 5.69 Å². The van der Waals surface area contributed by atoms with Crippen molar-refractivity contribution in [2.75, 3.05) is 24.5 Å². The number of piperidine rings is 1. The van der Waals surface area contributed by atoms with Crippen molar-refractivity contribution in [3.63, 3.8) is 0 Å². The van der Waals surface area contributed by atoms with E-state index in [0.29, 0.717) is 6.54 Å². The largest absolute Gasteiger partial charge is 0.392 e. The van der Waals surface area contributed by atoms with Gasteiger partial charge in [0.25, 0.3) is 0 Å². The molecule has 2 atom stereocenters.